The van der Waals surface area contributed by atoms with Crippen LogP contribution < -0.4 is 10.1 Å². The summed E-state index contributed by atoms with van der Waals surface area (Å²) in [6.07, 6.45) is 0. The van der Waals surface area contributed by atoms with Gasteiger partial charge in [-0.3, -0.25) is 0 Å². The monoisotopic (exact) mass is 517 g/mol. The Morgan fingerprint density at radius 2 is 1.69 bits per heavy atom. The van der Waals surface area contributed by atoms with E-state index in [1.165, 1.54) is 11.8 Å². The van der Waals surface area contributed by atoms with E-state index in [4.69, 9.17) is 21.3 Å². The number of anilines is 1. The first-order valence-electron chi connectivity index (χ1n) is 10.7. The Balaban J connectivity index is 1.68. The fourth-order valence-corrected chi connectivity index (χ4v) is 5.41. The molecular formula is C26H20ClN5OS2. The van der Waals surface area contributed by atoms with Gasteiger partial charge in [0, 0.05) is 34.3 Å². The lowest BCUT2D eigenvalue weighted by molar-refractivity contribution is 0.340. The predicted octanol–water partition coefficient (Wildman–Crippen LogP) is 7.00. The smallest absolute Gasteiger partial charge is 0.145 e. The van der Waals surface area contributed by atoms with Gasteiger partial charge in [0.15, 0.2) is 0 Å². The van der Waals surface area contributed by atoms with E-state index in [0.29, 0.717) is 44.9 Å². The molecule has 0 saturated heterocycles. The van der Waals surface area contributed by atoms with E-state index in [1.807, 2.05) is 60.8 Å². The molecule has 0 atom stereocenters. The third-order valence-electron chi connectivity index (χ3n) is 5.08. The molecule has 9 heteroatoms. The molecule has 0 saturated carbocycles. The van der Waals surface area contributed by atoms with Crippen LogP contribution >= 0.6 is 34.7 Å². The number of nitrogens with zero attached hydrogens (tertiary/aromatic N) is 4. The fourth-order valence-electron chi connectivity index (χ4n) is 3.48. The molecule has 0 radical (unpaired) electrons. The number of hydrogen-bond acceptors (Lipinski definition) is 8. The molecule has 0 aliphatic heterocycles. The normalized spacial score (nSPS) is 10.4. The number of rotatable bonds is 8. The number of halogens is 1. The third-order valence-corrected chi connectivity index (χ3v) is 7.28. The lowest BCUT2D eigenvalue weighted by atomic mass is 9.96. The van der Waals surface area contributed by atoms with E-state index in [0.717, 1.165) is 27.6 Å². The molecule has 0 aliphatic carbocycles. The first-order valence-corrected chi connectivity index (χ1v) is 12.9. The van der Waals surface area contributed by atoms with Gasteiger partial charge >= 0.3 is 0 Å². The van der Waals surface area contributed by atoms with Crippen LogP contribution in [0.15, 0.2) is 58.9 Å². The molecule has 2 aromatic heterocycles. The molecule has 4 rings (SSSR count). The topological polar surface area (TPSA) is 94.6 Å². The summed E-state index contributed by atoms with van der Waals surface area (Å²) in [5.74, 6) is 1.69. The summed E-state index contributed by atoms with van der Waals surface area (Å²) in [7, 11) is 1.71. The Bertz CT molecular complexity index is 1420. The molecule has 35 heavy (non-hydrogen) atoms. The highest BCUT2D eigenvalue weighted by atomic mass is 35.5. The Hall–Kier alpha value is -3.56. The summed E-state index contributed by atoms with van der Waals surface area (Å²) in [4.78, 5) is 9.33. The first kappa shape index (κ1) is 24.6. The molecule has 6 nitrogen and oxygen atoms in total. The maximum atomic E-state index is 10.1. The van der Waals surface area contributed by atoms with Gasteiger partial charge in [-0.2, -0.15) is 10.5 Å². The van der Waals surface area contributed by atoms with Crippen molar-refractivity contribution in [1.82, 2.24) is 9.97 Å². The van der Waals surface area contributed by atoms with Gasteiger partial charge in [0.25, 0.3) is 0 Å². The second-order valence-electron chi connectivity index (χ2n) is 7.26. The minimum absolute atomic E-state index is 0.330. The van der Waals surface area contributed by atoms with Gasteiger partial charge in [0.05, 0.1) is 17.9 Å². The zero-order valence-electron chi connectivity index (χ0n) is 19.0. The third kappa shape index (κ3) is 5.41. The molecule has 2 aromatic carbocycles. The Morgan fingerprint density at radius 1 is 1.00 bits per heavy atom. The number of nitriles is 2. The number of thiazole rings is 1. The molecule has 2 heterocycles. The highest BCUT2D eigenvalue weighted by Gasteiger charge is 2.21. The molecule has 174 valence electrons. The molecule has 0 bridgehead atoms. The molecule has 1 N–H and O–H groups in total. The average Bonchev–Trinajstić information content (AvgIpc) is 3.36. The minimum Gasteiger partial charge on any atom is -0.494 e. The van der Waals surface area contributed by atoms with E-state index in [2.05, 4.69) is 22.4 Å². The summed E-state index contributed by atoms with van der Waals surface area (Å²) in [6.45, 7) is 2.48. The quantitative estimate of drug-likeness (QED) is 0.251. The zero-order valence-corrected chi connectivity index (χ0v) is 21.4. The molecule has 0 fully saturated rings. The van der Waals surface area contributed by atoms with Gasteiger partial charge < -0.3 is 10.1 Å². The standard InChI is InChI=1S/C26H20ClN5OS2/c1-3-33-20-10-6-16(7-11-20)23-21(12-28)24(30-2)32-26(22(23)13-29)35-15-19-14-34-25(31-19)17-4-8-18(27)9-5-17/h4-11,14H,3,15H2,1-2H3,(H,30,32). The Kier molecular flexibility index (Phi) is 7.89. The molecule has 0 unspecified atom stereocenters. The number of thioether (sulfide) groups is 1. The summed E-state index contributed by atoms with van der Waals surface area (Å²) < 4.78 is 5.53. The van der Waals surface area contributed by atoms with Crippen molar-refractivity contribution in [2.75, 3.05) is 19.0 Å². The van der Waals surface area contributed by atoms with Crippen LogP contribution in [0.5, 0.6) is 5.75 Å². The van der Waals surface area contributed by atoms with Gasteiger partial charge in [-0.15, -0.1) is 11.3 Å². The van der Waals surface area contributed by atoms with Crippen molar-refractivity contribution in [3.8, 4) is 39.6 Å². The van der Waals surface area contributed by atoms with Crippen molar-refractivity contribution < 1.29 is 4.74 Å². The van der Waals surface area contributed by atoms with Crippen molar-refractivity contribution in [2.24, 2.45) is 0 Å². The number of aromatic nitrogens is 2. The minimum atomic E-state index is 0.330. The van der Waals surface area contributed by atoms with Crippen LogP contribution in [0.2, 0.25) is 5.02 Å². The van der Waals surface area contributed by atoms with Crippen LogP contribution in [0.1, 0.15) is 23.7 Å². The lowest BCUT2D eigenvalue weighted by Gasteiger charge is -2.15. The van der Waals surface area contributed by atoms with Crippen molar-refractivity contribution in [3.05, 3.63) is 75.8 Å². The van der Waals surface area contributed by atoms with Crippen molar-refractivity contribution >= 4 is 40.5 Å². The van der Waals surface area contributed by atoms with Gasteiger partial charge in [-0.25, -0.2) is 9.97 Å². The van der Waals surface area contributed by atoms with Gasteiger partial charge in [-0.05, 0) is 36.8 Å². The Morgan fingerprint density at radius 3 is 2.31 bits per heavy atom. The van der Waals surface area contributed by atoms with E-state index >= 15 is 0 Å². The van der Waals surface area contributed by atoms with Crippen LogP contribution in [-0.2, 0) is 5.75 Å². The van der Waals surface area contributed by atoms with Crippen molar-refractivity contribution in [1.29, 1.82) is 10.5 Å². The summed E-state index contributed by atoms with van der Waals surface area (Å²) >= 11 is 8.96. The van der Waals surface area contributed by atoms with Crippen LogP contribution in [-0.4, -0.2) is 23.6 Å². The summed E-state index contributed by atoms with van der Waals surface area (Å²) in [5.41, 5.74) is 3.88. The van der Waals surface area contributed by atoms with Gasteiger partial charge in [-0.1, -0.05) is 47.6 Å². The van der Waals surface area contributed by atoms with E-state index < -0.39 is 0 Å². The Labute approximate surface area is 217 Å². The molecule has 0 amide bonds. The number of ether oxygens (including phenoxy) is 1. The predicted molar refractivity (Wildman–Crippen MR) is 142 cm³/mol. The summed E-state index contributed by atoms with van der Waals surface area (Å²) in [6, 6.07) is 19.4. The number of nitrogens with one attached hydrogen (secondary N) is 1. The fraction of sp³-hybridized carbons (Fsp3) is 0.154. The lowest BCUT2D eigenvalue weighted by Crippen LogP contribution is -2.04. The maximum absolute atomic E-state index is 10.1. The highest BCUT2D eigenvalue weighted by Crippen LogP contribution is 2.38. The van der Waals surface area contributed by atoms with E-state index in [1.54, 1.807) is 18.4 Å². The van der Waals surface area contributed by atoms with E-state index in [9.17, 15) is 10.5 Å². The van der Waals surface area contributed by atoms with Gasteiger partial charge in [0.1, 0.15) is 39.3 Å². The molecular weight excluding hydrogens is 498 g/mol. The van der Waals surface area contributed by atoms with E-state index in [-0.39, 0.29) is 0 Å². The number of pyridine rings is 1. The van der Waals surface area contributed by atoms with Crippen molar-refractivity contribution in [2.45, 2.75) is 17.7 Å². The number of hydrogen-bond donors (Lipinski definition) is 1. The SMILES string of the molecule is CCOc1ccc(-c2c(C#N)c(NC)nc(SCc3csc(-c4ccc(Cl)cc4)n3)c2C#N)cc1. The van der Waals surface area contributed by atoms with Gasteiger partial charge in [0.2, 0.25) is 0 Å². The van der Waals surface area contributed by atoms with Crippen LogP contribution in [0, 0.1) is 22.7 Å². The second kappa shape index (κ2) is 11.2. The number of benzene rings is 2. The van der Waals surface area contributed by atoms with Crippen molar-refractivity contribution in [3.63, 3.8) is 0 Å². The van der Waals surface area contributed by atoms with Crippen LogP contribution in [0.25, 0.3) is 21.7 Å². The first-order chi connectivity index (χ1) is 17.1. The largest absolute Gasteiger partial charge is 0.494 e. The van der Waals surface area contributed by atoms with Crippen LogP contribution in [0.4, 0.5) is 5.82 Å². The molecule has 4 aromatic rings. The maximum Gasteiger partial charge on any atom is 0.145 e. The van der Waals surface area contributed by atoms with Crippen LogP contribution in [0.3, 0.4) is 0 Å². The highest BCUT2D eigenvalue weighted by molar-refractivity contribution is 7.98. The summed E-state index contributed by atoms with van der Waals surface area (Å²) in [5, 5.41) is 27.1. The second-order valence-corrected chi connectivity index (χ2v) is 9.52. The zero-order chi connectivity index (χ0) is 24.8. The molecule has 0 aliphatic rings. The molecule has 0 spiro atoms. The average molecular weight is 518 g/mol.